The highest BCUT2D eigenvalue weighted by atomic mass is 35.5. The average molecular weight is 214 g/mol. The van der Waals surface area contributed by atoms with Gasteiger partial charge in [-0.3, -0.25) is 0 Å². The summed E-state index contributed by atoms with van der Waals surface area (Å²) >= 11 is 5.24. The Kier molecular flexibility index (Phi) is 3.13. The van der Waals surface area contributed by atoms with Crippen molar-refractivity contribution in [1.29, 1.82) is 0 Å². The summed E-state index contributed by atoms with van der Waals surface area (Å²) in [5.74, 6) is -0.903. The summed E-state index contributed by atoms with van der Waals surface area (Å²) in [5.41, 5.74) is -1.66. The molecule has 0 aromatic heterocycles. The predicted molar refractivity (Wildman–Crippen MR) is 42.5 cm³/mol. The van der Waals surface area contributed by atoms with Gasteiger partial charge in [0.15, 0.2) is 6.29 Å². The Morgan fingerprint density at radius 1 is 1.38 bits per heavy atom. The van der Waals surface area contributed by atoms with Gasteiger partial charge in [-0.25, -0.2) is 4.84 Å². The van der Waals surface area contributed by atoms with E-state index in [1.54, 1.807) is 0 Å². The highest BCUT2D eigenvalue weighted by Gasteiger charge is 2.65. The van der Waals surface area contributed by atoms with Crippen molar-refractivity contribution in [2.24, 2.45) is 5.92 Å². The minimum atomic E-state index is -1.96. The fraction of sp³-hybridized carbons (Fsp3) is 1.00. The molecule has 1 aliphatic carbocycles. The van der Waals surface area contributed by atoms with E-state index >= 15 is 0 Å². The molecule has 6 nitrogen and oxygen atoms in total. The molecule has 78 valence electrons. The Hall–Kier alpha value is 0.0500. The smallest absolute Gasteiger partial charge is 0.174 e. The third kappa shape index (κ3) is 1.26. The van der Waals surface area contributed by atoms with Crippen molar-refractivity contribution in [1.82, 2.24) is 4.84 Å². The molecule has 0 spiro atoms. The van der Waals surface area contributed by atoms with E-state index in [2.05, 4.69) is 0 Å². The van der Waals surface area contributed by atoms with Crippen LogP contribution >= 0.6 is 11.8 Å². The van der Waals surface area contributed by atoms with Crippen LogP contribution in [0.1, 0.15) is 0 Å². The van der Waals surface area contributed by atoms with E-state index in [9.17, 15) is 5.11 Å². The van der Waals surface area contributed by atoms with Crippen LogP contribution in [0.2, 0.25) is 0 Å². The van der Waals surface area contributed by atoms with E-state index in [1.165, 1.54) is 0 Å². The van der Waals surface area contributed by atoms with Crippen LogP contribution in [-0.2, 0) is 0 Å². The molecule has 0 heterocycles. The standard InChI is InChI=1S/C6H12ClNO5/c7-8-6(5(12)13)2(1-9)3(10)4(6)11/h2-5,8-13H,1H2/t2?,3-,4?,6?/m1/s1. The molecule has 0 radical (unpaired) electrons. The first-order chi connectivity index (χ1) is 6.02. The number of hydrogen-bond acceptors (Lipinski definition) is 6. The average Bonchev–Trinajstić information content (AvgIpc) is 2.11. The zero-order valence-electron chi connectivity index (χ0n) is 6.63. The maximum atomic E-state index is 9.27. The number of aliphatic hydroxyl groups is 5. The zero-order valence-corrected chi connectivity index (χ0v) is 7.39. The van der Waals surface area contributed by atoms with Crippen LogP contribution in [-0.4, -0.2) is 56.2 Å². The molecule has 6 N–H and O–H groups in total. The van der Waals surface area contributed by atoms with Crippen molar-refractivity contribution >= 4 is 11.8 Å². The molecule has 0 aliphatic heterocycles. The molecular weight excluding hydrogens is 202 g/mol. The molecule has 0 saturated heterocycles. The SMILES string of the molecule is OCC1[C@@H](O)C(O)C1(NCl)C(O)O. The van der Waals surface area contributed by atoms with Gasteiger partial charge in [-0.15, -0.1) is 0 Å². The maximum absolute atomic E-state index is 9.27. The maximum Gasteiger partial charge on any atom is 0.174 e. The highest BCUT2D eigenvalue weighted by molar-refractivity contribution is 6.14. The lowest BCUT2D eigenvalue weighted by molar-refractivity contribution is -0.263. The van der Waals surface area contributed by atoms with Crippen LogP contribution in [0.3, 0.4) is 0 Å². The molecule has 1 aliphatic rings. The van der Waals surface area contributed by atoms with E-state index in [0.717, 1.165) is 0 Å². The summed E-state index contributed by atoms with van der Waals surface area (Å²) in [7, 11) is 0. The second-order valence-corrected chi connectivity index (χ2v) is 3.31. The van der Waals surface area contributed by atoms with Crippen molar-refractivity contribution < 1.29 is 25.5 Å². The summed E-state index contributed by atoms with van der Waals surface area (Å²) in [5, 5.41) is 45.1. The molecule has 4 atom stereocenters. The van der Waals surface area contributed by atoms with Crippen molar-refractivity contribution in [3.63, 3.8) is 0 Å². The molecular formula is C6H12ClNO5. The Morgan fingerprint density at radius 3 is 2.15 bits per heavy atom. The van der Waals surface area contributed by atoms with Crippen LogP contribution in [0.5, 0.6) is 0 Å². The molecule has 7 heteroatoms. The van der Waals surface area contributed by atoms with Gasteiger partial charge in [0, 0.05) is 5.92 Å². The quantitative estimate of drug-likeness (QED) is 0.222. The van der Waals surface area contributed by atoms with Crippen LogP contribution in [0.4, 0.5) is 0 Å². The fourth-order valence-corrected chi connectivity index (χ4v) is 2.01. The first kappa shape index (κ1) is 11.1. The first-order valence-electron chi connectivity index (χ1n) is 3.73. The predicted octanol–water partition coefficient (Wildman–Crippen LogP) is -2.88. The van der Waals surface area contributed by atoms with Gasteiger partial charge in [0.1, 0.15) is 11.6 Å². The van der Waals surface area contributed by atoms with Gasteiger partial charge in [-0.2, -0.15) is 0 Å². The van der Waals surface area contributed by atoms with Gasteiger partial charge in [0.25, 0.3) is 0 Å². The summed E-state index contributed by atoms with van der Waals surface area (Å²) in [6.07, 6.45) is -4.58. The minimum Gasteiger partial charge on any atom is -0.396 e. The Balaban J connectivity index is 2.86. The summed E-state index contributed by atoms with van der Waals surface area (Å²) in [6, 6.07) is 0. The van der Waals surface area contributed by atoms with E-state index in [0.29, 0.717) is 0 Å². The fourth-order valence-electron chi connectivity index (χ4n) is 1.66. The van der Waals surface area contributed by atoms with Crippen LogP contribution in [0, 0.1) is 5.92 Å². The lowest BCUT2D eigenvalue weighted by Gasteiger charge is -2.55. The minimum absolute atomic E-state index is 0.504. The summed E-state index contributed by atoms with van der Waals surface area (Å²) in [6.45, 7) is -0.504. The Bertz CT molecular complexity index is 192. The zero-order chi connectivity index (χ0) is 10.2. The van der Waals surface area contributed by atoms with Crippen molar-refractivity contribution in [2.75, 3.05) is 6.61 Å². The number of rotatable bonds is 3. The first-order valence-corrected chi connectivity index (χ1v) is 4.11. The normalized spacial score (nSPS) is 45.0. The second-order valence-electron chi connectivity index (χ2n) is 3.13. The second kappa shape index (κ2) is 3.66. The van der Waals surface area contributed by atoms with Gasteiger partial charge in [0.2, 0.25) is 0 Å². The summed E-state index contributed by atoms with van der Waals surface area (Å²) in [4.78, 5) is 2.00. The summed E-state index contributed by atoms with van der Waals surface area (Å²) < 4.78 is 0. The van der Waals surface area contributed by atoms with Crippen LogP contribution in [0.15, 0.2) is 0 Å². The van der Waals surface area contributed by atoms with Gasteiger partial charge >= 0.3 is 0 Å². The molecule has 1 rings (SSSR count). The number of hydrogen-bond donors (Lipinski definition) is 6. The van der Waals surface area contributed by atoms with E-state index < -0.39 is 36.6 Å². The topological polar surface area (TPSA) is 113 Å². The van der Waals surface area contributed by atoms with Gasteiger partial charge < -0.3 is 25.5 Å². The van der Waals surface area contributed by atoms with Crippen molar-refractivity contribution in [2.45, 2.75) is 24.0 Å². The molecule has 0 bridgehead atoms. The van der Waals surface area contributed by atoms with Crippen molar-refractivity contribution in [3.8, 4) is 0 Å². The lowest BCUT2D eigenvalue weighted by Crippen LogP contribution is -2.80. The van der Waals surface area contributed by atoms with Crippen LogP contribution < -0.4 is 4.84 Å². The third-order valence-corrected chi connectivity index (χ3v) is 2.95. The Morgan fingerprint density at radius 2 is 1.92 bits per heavy atom. The highest BCUT2D eigenvalue weighted by Crippen LogP contribution is 2.41. The molecule has 0 aromatic rings. The largest absolute Gasteiger partial charge is 0.396 e. The van der Waals surface area contributed by atoms with E-state index in [-0.39, 0.29) is 0 Å². The number of aliphatic hydroxyl groups excluding tert-OH is 4. The van der Waals surface area contributed by atoms with Gasteiger partial charge in [-0.1, -0.05) is 0 Å². The Labute approximate surface area is 79.5 Å². The molecule has 0 aromatic carbocycles. The van der Waals surface area contributed by atoms with E-state index in [1.807, 2.05) is 4.84 Å². The van der Waals surface area contributed by atoms with E-state index in [4.69, 9.17) is 32.2 Å². The number of nitrogens with one attached hydrogen (secondary N) is 1. The molecule has 1 saturated carbocycles. The van der Waals surface area contributed by atoms with Gasteiger partial charge in [0.05, 0.1) is 12.7 Å². The van der Waals surface area contributed by atoms with Gasteiger partial charge in [-0.05, 0) is 11.8 Å². The molecule has 0 amide bonds. The third-order valence-electron chi connectivity index (χ3n) is 2.63. The monoisotopic (exact) mass is 213 g/mol. The number of halogens is 1. The molecule has 3 unspecified atom stereocenters. The molecule has 13 heavy (non-hydrogen) atoms. The van der Waals surface area contributed by atoms with Crippen molar-refractivity contribution in [3.05, 3.63) is 0 Å². The van der Waals surface area contributed by atoms with Crippen LogP contribution in [0.25, 0.3) is 0 Å². The lowest BCUT2D eigenvalue weighted by atomic mass is 9.62. The molecule has 1 fully saturated rings.